The van der Waals surface area contributed by atoms with Gasteiger partial charge in [-0.05, 0) is 43.4 Å². The number of hydrogen-bond acceptors (Lipinski definition) is 2. The molecule has 0 bridgehead atoms. The first kappa shape index (κ1) is 11.3. The van der Waals surface area contributed by atoms with Crippen molar-refractivity contribution in [1.29, 1.82) is 5.26 Å². The van der Waals surface area contributed by atoms with E-state index in [1.54, 1.807) is 6.07 Å². The molecule has 1 unspecified atom stereocenters. The Kier molecular flexibility index (Phi) is 2.82. The van der Waals surface area contributed by atoms with Crippen LogP contribution in [0.5, 0.6) is 0 Å². The maximum Gasteiger partial charge on any atom is 0.101 e. The second-order valence-electron chi connectivity index (χ2n) is 4.83. The Morgan fingerprint density at radius 3 is 2.75 bits per heavy atom. The molecule has 1 atom stereocenters. The molecule has 3 heteroatoms. The zero-order valence-corrected chi connectivity index (χ0v) is 10.3. The van der Waals surface area contributed by atoms with E-state index in [1.807, 2.05) is 12.1 Å². The van der Waals surface area contributed by atoms with Crippen LogP contribution in [0.3, 0.4) is 0 Å². The summed E-state index contributed by atoms with van der Waals surface area (Å²) in [5.74, 6) is 0. The van der Waals surface area contributed by atoms with E-state index in [0.29, 0.717) is 22.0 Å². The van der Waals surface area contributed by atoms with Crippen molar-refractivity contribution in [1.82, 2.24) is 0 Å². The van der Waals surface area contributed by atoms with Crippen LogP contribution in [0.2, 0.25) is 5.02 Å². The summed E-state index contributed by atoms with van der Waals surface area (Å²) >= 11 is 5.88. The number of benzene rings is 1. The molecule has 2 nitrogen and oxygen atoms in total. The summed E-state index contributed by atoms with van der Waals surface area (Å²) in [6, 6.07) is 8.02. The zero-order valence-electron chi connectivity index (χ0n) is 9.55. The molecule has 0 amide bonds. The molecule has 0 saturated heterocycles. The van der Waals surface area contributed by atoms with Crippen LogP contribution in [0.4, 0.5) is 5.69 Å². The van der Waals surface area contributed by atoms with Crippen molar-refractivity contribution in [2.45, 2.75) is 32.7 Å². The lowest BCUT2D eigenvalue weighted by molar-refractivity contribution is 0.493. The Labute approximate surface area is 101 Å². The molecule has 0 radical (unpaired) electrons. The van der Waals surface area contributed by atoms with E-state index in [0.717, 1.165) is 5.69 Å². The van der Waals surface area contributed by atoms with Gasteiger partial charge in [-0.25, -0.2) is 0 Å². The van der Waals surface area contributed by atoms with Gasteiger partial charge in [0, 0.05) is 11.7 Å². The number of nitrogens with zero attached hydrogens (tertiary/aromatic N) is 1. The fraction of sp³-hybridized carbons (Fsp3) is 0.462. The van der Waals surface area contributed by atoms with Crippen molar-refractivity contribution < 1.29 is 0 Å². The lowest BCUT2D eigenvalue weighted by Crippen LogP contribution is -2.24. The molecule has 1 aliphatic carbocycles. The fourth-order valence-corrected chi connectivity index (χ4v) is 1.91. The summed E-state index contributed by atoms with van der Waals surface area (Å²) in [6.45, 7) is 4.47. The van der Waals surface area contributed by atoms with Crippen LogP contribution in [-0.2, 0) is 0 Å². The van der Waals surface area contributed by atoms with Gasteiger partial charge in [-0.15, -0.1) is 0 Å². The summed E-state index contributed by atoms with van der Waals surface area (Å²) in [4.78, 5) is 0. The van der Waals surface area contributed by atoms with E-state index in [2.05, 4.69) is 25.2 Å². The summed E-state index contributed by atoms with van der Waals surface area (Å²) in [5.41, 5.74) is 1.92. The molecule has 0 aromatic heterocycles. The normalized spacial score (nSPS) is 18.6. The Morgan fingerprint density at radius 1 is 1.50 bits per heavy atom. The number of anilines is 1. The van der Waals surface area contributed by atoms with Gasteiger partial charge >= 0.3 is 0 Å². The smallest absolute Gasteiger partial charge is 0.101 e. The van der Waals surface area contributed by atoms with Crippen molar-refractivity contribution in [3.63, 3.8) is 0 Å². The largest absolute Gasteiger partial charge is 0.382 e. The molecular formula is C13H15ClN2. The fourth-order valence-electron chi connectivity index (χ4n) is 1.76. The van der Waals surface area contributed by atoms with Crippen LogP contribution >= 0.6 is 11.6 Å². The molecule has 1 aromatic rings. The Morgan fingerprint density at radius 2 is 2.19 bits per heavy atom. The van der Waals surface area contributed by atoms with Gasteiger partial charge < -0.3 is 5.32 Å². The monoisotopic (exact) mass is 234 g/mol. The Bertz CT molecular complexity index is 444. The highest BCUT2D eigenvalue weighted by atomic mass is 35.5. The zero-order chi connectivity index (χ0) is 11.8. The topological polar surface area (TPSA) is 35.8 Å². The van der Waals surface area contributed by atoms with E-state index in [-0.39, 0.29) is 0 Å². The first-order valence-corrected chi connectivity index (χ1v) is 5.89. The molecule has 1 aromatic carbocycles. The minimum absolute atomic E-state index is 0.423. The second-order valence-corrected chi connectivity index (χ2v) is 5.23. The maximum atomic E-state index is 8.89. The van der Waals surface area contributed by atoms with Crippen molar-refractivity contribution in [3.05, 3.63) is 28.8 Å². The van der Waals surface area contributed by atoms with Crippen molar-refractivity contribution in [3.8, 4) is 6.07 Å². The predicted molar refractivity (Wildman–Crippen MR) is 66.6 cm³/mol. The van der Waals surface area contributed by atoms with E-state index in [4.69, 9.17) is 16.9 Å². The summed E-state index contributed by atoms with van der Waals surface area (Å²) in [6.07, 6.45) is 2.56. The SMILES string of the molecule is CC(Nc1ccc(Cl)c(C#N)c1)C1(C)CC1. The van der Waals surface area contributed by atoms with Gasteiger partial charge in [-0.2, -0.15) is 5.26 Å². The van der Waals surface area contributed by atoms with Crippen LogP contribution in [0.15, 0.2) is 18.2 Å². The average Bonchev–Trinajstić information content (AvgIpc) is 3.01. The molecule has 0 aliphatic heterocycles. The first-order valence-electron chi connectivity index (χ1n) is 5.51. The van der Waals surface area contributed by atoms with Crippen LogP contribution in [0.25, 0.3) is 0 Å². The van der Waals surface area contributed by atoms with Crippen LogP contribution < -0.4 is 5.32 Å². The number of nitrogens with one attached hydrogen (secondary N) is 1. The molecule has 1 saturated carbocycles. The number of rotatable bonds is 3. The highest BCUT2D eigenvalue weighted by Gasteiger charge is 2.42. The second kappa shape index (κ2) is 3.99. The van der Waals surface area contributed by atoms with Crippen LogP contribution in [0.1, 0.15) is 32.3 Å². The number of halogens is 1. The van der Waals surface area contributed by atoms with Gasteiger partial charge in [-0.1, -0.05) is 18.5 Å². The van der Waals surface area contributed by atoms with E-state index in [9.17, 15) is 0 Å². The van der Waals surface area contributed by atoms with Crippen molar-refractivity contribution in [2.24, 2.45) is 5.41 Å². The maximum absolute atomic E-state index is 8.89. The van der Waals surface area contributed by atoms with Crippen molar-refractivity contribution in [2.75, 3.05) is 5.32 Å². The van der Waals surface area contributed by atoms with Crippen molar-refractivity contribution >= 4 is 17.3 Å². The quantitative estimate of drug-likeness (QED) is 0.863. The third-order valence-corrected chi connectivity index (χ3v) is 3.88. The lowest BCUT2D eigenvalue weighted by atomic mass is 10.0. The molecule has 0 spiro atoms. The van der Waals surface area contributed by atoms with Gasteiger partial charge in [0.15, 0.2) is 0 Å². The van der Waals surface area contributed by atoms with E-state index < -0.39 is 0 Å². The molecule has 0 heterocycles. The molecule has 16 heavy (non-hydrogen) atoms. The molecule has 84 valence electrons. The number of nitriles is 1. The summed E-state index contributed by atoms with van der Waals surface area (Å²) < 4.78 is 0. The van der Waals surface area contributed by atoms with Crippen LogP contribution in [0, 0.1) is 16.7 Å². The molecule has 2 rings (SSSR count). The highest BCUT2D eigenvalue weighted by Crippen LogP contribution is 2.48. The first-order chi connectivity index (χ1) is 7.55. The minimum atomic E-state index is 0.423. The number of hydrogen-bond donors (Lipinski definition) is 1. The van der Waals surface area contributed by atoms with Gasteiger partial charge in [0.1, 0.15) is 6.07 Å². The summed E-state index contributed by atoms with van der Waals surface area (Å²) in [5, 5.41) is 12.8. The molecule has 1 aliphatic rings. The van der Waals surface area contributed by atoms with Gasteiger partial charge in [-0.3, -0.25) is 0 Å². The van der Waals surface area contributed by atoms with E-state index >= 15 is 0 Å². The van der Waals surface area contributed by atoms with Gasteiger partial charge in [0.2, 0.25) is 0 Å². The van der Waals surface area contributed by atoms with E-state index in [1.165, 1.54) is 12.8 Å². The Hall–Kier alpha value is -1.20. The lowest BCUT2D eigenvalue weighted by Gasteiger charge is -2.21. The molecular weight excluding hydrogens is 220 g/mol. The van der Waals surface area contributed by atoms with Gasteiger partial charge in [0.05, 0.1) is 10.6 Å². The molecule has 1 N–H and O–H groups in total. The average molecular weight is 235 g/mol. The standard InChI is InChI=1S/C13H15ClN2/c1-9(13(2)5-6-13)16-11-3-4-12(14)10(7-11)8-15/h3-4,7,9,16H,5-6H2,1-2H3. The molecule has 1 fully saturated rings. The predicted octanol–water partition coefficient (Wildman–Crippen LogP) is 3.81. The Balaban J connectivity index is 2.13. The highest BCUT2D eigenvalue weighted by molar-refractivity contribution is 6.31. The third kappa shape index (κ3) is 2.15. The third-order valence-electron chi connectivity index (χ3n) is 3.55. The summed E-state index contributed by atoms with van der Waals surface area (Å²) in [7, 11) is 0. The van der Waals surface area contributed by atoms with Gasteiger partial charge in [0.25, 0.3) is 0 Å². The minimum Gasteiger partial charge on any atom is -0.382 e. The van der Waals surface area contributed by atoms with Crippen LogP contribution in [-0.4, -0.2) is 6.04 Å².